The lowest BCUT2D eigenvalue weighted by atomic mass is 10.1. The van der Waals surface area contributed by atoms with Crippen molar-refractivity contribution in [3.8, 4) is 0 Å². The number of ether oxygens (including phenoxy) is 2. The van der Waals surface area contributed by atoms with E-state index >= 15 is 0 Å². The van der Waals surface area contributed by atoms with E-state index in [-0.39, 0.29) is 5.97 Å². The Kier molecular flexibility index (Phi) is 4.10. The first-order valence-electron chi connectivity index (χ1n) is 6.62. The second-order valence-corrected chi connectivity index (χ2v) is 5.65. The second-order valence-electron chi connectivity index (χ2n) is 5.65. The summed E-state index contributed by atoms with van der Waals surface area (Å²) in [5, 5.41) is 0. The first-order valence-corrected chi connectivity index (χ1v) is 6.62. The quantitative estimate of drug-likeness (QED) is 0.768. The largest absolute Gasteiger partial charge is 0.456 e. The molecule has 0 radical (unpaired) electrons. The Morgan fingerprint density at radius 2 is 1.74 bits per heavy atom. The van der Waals surface area contributed by atoms with Gasteiger partial charge in [-0.15, -0.1) is 0 Å². The minimum absolute atomic E-state index is 0.277. The van der Waals surface area contributed by atoms with Crippen molar-refractivity contribution in [3.05, 3.63) is 29.8 Å². The van der Waals surface area contributed by atoms with Gasteiger partial charge >= 0.3 is 5.97 Å². The fourth-order valence-corrected chi connectivity index (χ4v) is 1.97. The molecule has 1 aromatic carbocycles. The summed E-state index contributed by atoms with van der Waals surface area (Å²) in [6, 6.07) is 7.56. The summed E-state index contributed by atoms with van der Waals surface area (Å²) in [4.78, 5) is 14.1. The van der Waals surface area contributed by atoms with Crippen LogP contribution in [-0.4, -0.2) is 37.9 Å². The Morgan fingerprint density at radius 3 is 2.26 bits per heavy atom. The molecule has 0 aromatic heterocycles. The minimum Gasteiger partial charge on any atom is -0.456 e. The van der Waals surface area contributed by atoms with Crippen LogP contribution < -0.4 is 4.90 Å². The Balaban J connectivity index is 2.03. The van der Waals surface area contributed by atoms with Crippen LogP contribution in [0.1, 0.15) is 31.1 Å². The monoisotopic (exact) mass is 263 g/mol. The van der Waals surface area contributed by atoms with Gasteiger partial charge in [0.15, 0.2) is 0 Å². The predicted octanol–water partition coefficient (Wildman–Crippen LogP) is 2.48. The van der Waals surface area contributed by atoms with Crippen molar-refractivity contribution in [3.63, 3.8) is 0 Å². The SMILES string of the molecule is CC(C)(C)OC(=O)c1ccc(N2CCOCC2)cc1. The molecule has 1 saturated heterocycles. The zero-order valence-corrected chi connectivity index (χ0v) is 11.8. The van der Waals surface area contributed by atoms with Gasteiger partial charge in [-0.1, -0.05) is 0 Å². The molecule has 0 amide bonds. The third-order valence-corrected chi connectivity index (χ3v) is 2.88. The summed E-state index contributed by atoms with van der Waals surface area (Å²) in [5.41, 5.74) is 1.25. The summed E-state index contributed by atoms with van der Waals surface area (Å²) in [7, 11) is 0. The van der Waals surface area contributed by atoms with Crippen LogP contribution in [0.5, 0.6) is 0 Å². The second kappa shape index (κ2) is 5.61. The molecular weight excluding hydrogens is 242 g/mol. The highest BCUT2D eigenvalue weighted by Crippen LogP contribution is 2.18. The van der Waals surface area contributed by atoms with Crippen LogP contribution in [0.4, 0.5) is 5.69 Å². The van der Waals surface area contributed by atoms with Crippen LogP contribution in [0.2, 0.25) is 0 Å². The first kappa shape index (κ1) is 13.9. The van der Waals surface area contributed by atoms with Crippen LogP contribution in [-0.2, 0) is 9.47 Å². The van der Waals surface area contributed by atoms with Crippen molar-refractivity contribution < 1.29 is 14.3 Å². The van der Waals surface area contributed by atoms with Gasteiger partial charge in [0, 0.05) is 18.8 Å². The summed E-state index contributed by atoms with van der Waals surface area (Å²) >= 11 is 0. The number of hydrogen-bond acceptors (Lipinski definition) is 4. The van der Waals surface area contributed by atoms with E-state index in [1.807, 2.05) is 45.0 Å². The van der Waals surface area contributed by atoms with Crippen LogP contribution in [0.25, 0.3) is 0 Å². The fraction of sp³-hybridized carbons (Fsp3) is 0.533. The Hall–Kier alpha value is -1.55. The molecule has 19 heavy (non-hydrogen) atoms. The molecule has 0 bridgehead atoms. The number of rotatable bonds is 2. The average Bonchev–Trinajstić information content (AvgIpc) is 2.38. The lowest BCUT2D eigenvalue weighted by Gasteiger charge is -2.29. The van der Waals surface area contributed by atoms with E-state index < -0.39 is 5.60 Å². The number of morpholine rings is 1. The number of carbonyl (C=O) groups is 1. The van der Waals surface area contributed by atoms with Crippen LogP contribution in [0, 0.1) is 0 Å². The smallest absolute Gasteiger partial charge is 0.338 e. The minimum atomic E-state index is -0.458. The normalized spacial score (nSPS) is 16.3. The maximum Gasteiger partial charge on any atom is 0.338 e. The summed E-state index contributed by atoms with van der Waals surface area (Å²) in [5.74, 6) is -0.277. The molecule has 0 spiro atoms. The summed E-state index contributed by atoms with van der Waals surface area (Å²) in [6.45, 7) is 8.91. The van der Waals surface area contributed by atoms with Gasteiger partial charge in [-0.2, -0.15) is 0 Å². The summed E-state index contributed by atoms with van der Waals surface area (Å²) in [6.07, 6.45) is 0. The van der Waals surface area contributed by atoms with Gasteiger partial charge in [-0.25, -0.2) is 4.79 Å². The molecule has 1 aliphatic heterocycles. The van der Waals surface area contributed by atoms with Crippen molar-refractivity contribution in [2.45, 2.75) is 26.4 Å². The molecule has 104 valence electrons. The van der Waals surface area contributed by atoms with E-state index in [1.165, 1.54) is 0 Å². The van der Waals surface area contributed by atoms with Crippen molar-refractivity contribution in [1.29, 1.82) is 0 Å². The van der Waals surface area contributed by atoms with Gasteiger partial charge in [-0.3, -0.25) is 0 Å². The lowest BCUT2D eigenvalue weighted by Crippen LogP contribution is -2.36. The highest BCUT2D eigenvalue weighted by atomic mass is 16.6. The van der Waals surface area contributed by atoms with Crippen LogP contribution >= 0.6 is 0 Å². The highest BCUT2D eigenvalue weighted by Gasteiger charge is 2.18. The lowest BCUT2D eigenvalue weighted by molar-refractivity contribution is 0.00695. The van der Waals surface area contributed by atoms with Crippen molar-refractivity contribution in [1.82, 2.24) is 0 Å². The van der Waals surface area contributed by atoms with Gasteiger partial charge < -0.3 is 14.4 Å². The predicted molar refractivity (Wildman–Crippen MR) is 74.6 cm³/mol. The molecular formula is C15H21NO3. The van der Waals surface area contributed by atoms with Crippen molar-refractivity contribution in [2.24, 2.45) is 0 Å². The number of hydrogen-bond donors (Lipinski definition) is 0. The molecule has 2 rings (SSSR count). The number of anilines is 1. The third-order valence-electron chi connectivity index (χ3n) is 2.88. The molecule has 0 unspecified atom stereocenters. The average molecular weight is 263 g/mol. The molecule has 1 aliphatic rings. The van der Waals surface area contributed by atoms with Crippen LogP contribution in [0.3, 0.4) is 0 Å². The van der Waals surface area contributed by atoms with Gasteiger partial charge in [0.05, 0.1) is 18.8 Å². The molecule has 0 atom stereocenters. The topological polar surface area (TPSA) is 38.8 Å². The van der Waals surface area contributed by atoms with Gasteiger partial charge in [-0.05, 0) is 45.0 Å². The van der Waals surface area contributed by atoms with Gasteiger partial charge in [0.25, 0.3) is 0 Å². The van der Waals surface area contributed by atoms with E-state index in [4.69, 9.17) is 9.47 Å². The number of esters is 1. The first-order chi connectivity index (χ1) is 8.96. The molecule has 4 heteroatoms. The van der Waals surface area contributed by atoms with E-state index in [0.717, 1.165) is 32.0 Å². The maximum atomic E-state index is 11.9. The third kappa shape index (κ3) is 3.96. The molecule has 0 N–H and O–H groups in total. The van der Waals surface area contributed by atoms with E-state index in [2.05, 4.69) is 4.90 Å². The molecule has 0 saturated carbocycles. The number of benzene rings is 1. The molecule has 1 fully saturated rings. The van der Waals surface area contributed by atoms with Gasteiger partial charge in [0.1, 0.15) is 5.60 Å². The fourth-order valence-electron chi connectivity index (χ4n) is 1.97. The van der Waals surface area contributed by atoms with Crippen molar-refractivity contribution in [2.75, 3.05) is 31.2 Å². The molecule has 4 nitrogen and oxygen atoms in total. The van der Waals surface area contributed by atoms with E-state index in [1.54, 1.807) is 0 Å². The number of carbonyl (C=O) groups excluding carboxylic acids is 1. The highest BCUT2D eigenvalue weighted by molar-refractivity contribution is 5.90. The van der Waals surface area contributed by atoms with Crippen LogP contribution in [0.15, 0.2) is 24.3 Å². The molecule has 1 aromatic rings. The van der Waals surface area contributed by atoms with Gasteiger partial charge in [0.2, 0.25) is 0 Å². The summed E-state index contributed by atoms with van der Waals surface area (Å²) < 4.78 is 10.7. The molecule has 0 aliphatic carbocycles. The molecule has 1 heterocycles. The Labute approximate surface area is 114 Å². The zero-order valence-electron chi connectivity index (χ0n) is 11.8. The number of nitrogens with zero attached hydrogens (tertiary/aromatic N) is 1. The maximum absolute atomic E-state index is 11.9. The Morgan fingerprint density at radius 1 is 1.16 bits per heavy atom. The Bertz CT molecular complexity index is 428. The van der Waals surface area contributed by atoms with E-state index in [9.17, 15) is 4.79 Å². The zero-order chi connectivity index (χ0) is 13.9. The standard InChI is InChI=1S/C15H21NO3/c1-15(2,3)19-14(17)12-4-6-13(7-5-12)16-8-10-18-11-9-16/h4-7H,8-11H2,1-3H3. The van der Waals surface area contributed by atoms with Crippen molar-refractivity contribution >= 4 is 11.7 Å². The van der Waals surface area contributed by atoms with E-state index in [0.29, 0.717) is 5.56 Å².